The Morgan fingerprint density at radius 1 is 0.970 bits per heavy atom. The molecule has 4 rings (SSSR count). The van der Waals surface area contributed by atoms with Crippen LogP contribution in [0.2, 0.25) is 0 Å². The number of aliphatic hydroxyl groups is 1. The van der Waals surface area contributed by atoms with E-state index < -0.39 is 48.8 Å². The third-order valence-corrected chi connectivity index (χ3v) is 4.99. The van der Waals surface area contributed by atoms with Gasteiger partial charge in [-0.05, 0) is 24.3 Å². The Labute approximate surface area is 187 Å². The van der Waals surface area contributed by atoms with Gasteiger partial charge in [0.1, 0.15) is 12.4 Å². The predicted octanol–water partition coefficient (Wildman–Crippen LogP) is 0.561. The molecule has 0 amide bonds. The van der Waals surface area contributed by atoms with Gasteiger partial charge < -0.3 is 25.1 Å². The van der Waals surface area contributed by atoms with Crippen molar-refractivity contribution >= 4 is 17.9 Å². The zero-order chi connectivity index (χ0) is 23.4. The minimum Gasteiger partial charge on any atom is -0.452 e. The highest BCUT2D eigenvalue weighted by Crippen LogP contribution is 2.34. The molecule has 170 valence electrons. The normalized spacial score (nSPS) is 22.0. The van der Waals surface area contributed by atoms with E-state index in [0.717, 1.165) is 10.9 Å². The number of anilines is 1. The average Bonchev–Trinajstić information content (AvgIpc) is 3.16. The number of benzene rings is 2. The second-order valence-corrected chi connectivity index (χ2v) is 7.12. The quantitative estimate of drug-likeness (QED) is 0.507. The van der Waals surface area contributed by atoms with E-state index in [2.05, 4.69) is 9.97 Å². The van der Waals surface area contributed by atoms with Crippen molar-refractivity contribution in [2.45, 2.75) is 24.5 Å². The standard InChI is InChI=1S/C22H20N4O7/c23-21-24-12-26(22(30)25-21)18-17(33-20(29)14-9-5-2-6-10-14)16(15(11-27)31-18)32-19(28)13-7-3-1-4-8-13/h1-10,12,15-18,27H,11H2,(H2,23,25,30)/t15-,16-,17-,18-/m1/s1. The molecule has 1 aliphatic rings. The van der Waals surface area contributed by atoms with E-state index in [1.807, 2.05) is 0 Å². The molecule has 0 radical (unpaired) electrons. The lowest BCUT2D eigenvalue weighted by Gasteiger charge is -2.24. The van der Waals surface area contributed by atoms with Crippen LogP contribution in [0.15, 0.2) is 71.8 Å². The fraction of sp³-hybridized carbons (Fsp3) is 0.227. The Kier molecular flexibility index (Phi) is 6.43. The van der Waals surface area contributed by atoms with E-state index in [1.54, 1.807) is 60.7 Å². The summed E-state index contributed by atoms with van der Waals surface area (Å²) in [4.78, 5) is 45.3. The number of hydrogen-bond donors (Lipinski definition) is 2. The number of aromatic nitrogens is 3. The zero-order valence-electron chi connectivity index (χ0n) is 17.2. The lowest BCUT2D eigenvalue weighted by Crippen LogP contribution is -2.42. The van der Waals surface area contributed by atoms with Crippen molar-refractivity contribution < 1.29 is 28.9 Å². The molecule has 1 aromatic heterocycles. The summed E-state index contributed by atoms with van der Waals surface area (Å²) in [7, 11) is 0. The number of carbonyl (C=O) groups excluding carboxylic acids is 2. The van der Waals surface area contributed by atoms with Crippen LogP contribution in [0.3, 0.4) is 0 Å². The Bertz CT molecular complexity index is 1190. The molecule has 3 N–H and O–H groups in total. The Morgan fingerprint density at radius 2 is 1.52 bits per heavy atom. The summed E-state index contributed by atoms with van der Waals surface area (Å²) in [5.74, 6) is -1.71. The van der Waals surface area contributed by atoms with Crippen LogP contribution in [0.4, 0.5) is 5.95 Å². The molecule has 0 bridgehead atoms. The van der Waals surface area contributed by atoms with Crippen LogP contribution < -0.4 is 11.4 Å². The van der Waals surface area contributed by atoms with Crippen molar-refractivity contribution in [1.29, 1.82) is 0 Å². The van der Waals surface area contributed by atoms with Crippen molar-refractivity contribution in [2.75, 3.05) is 12.3 Å². The maximum Gasteiger partial charge on any atom is 0.354 e. The summed E-state index contributed by atoms with van der Waals surface area (Å²) >= 11 is 0. The van der Waals surface area contributed by atoms with Crippen molar-refractivity contribution in [1.82, 2.24) is 14.5 Å². The Morgan fingerprint density at radius 3 is 2.03 bits per heavy atom. The SMILES string of the molecule is Nc1ncn([C@@H]2O[C@H](CO)[C@@H](OC(=O)c3ccccc3)[C@H]2OC(=O)c2ccccc2)c(=O)n1. The minimum absolute atomic E-state index is 0.234. The molecule has 33 heavy (non-hydrogen) atoms. The molecular formula is C22H20N4O7. The number of hydrogen-bond acceptors (Lipinski definition) is 10. The van der Waals surface area contributed by atoms with Gasteiger partial charge in [-0.3, -0.25) is 4.57 Å². The summed E-state index contributed by atoms with van der Waals surface area (Å²) in [5.41, 5.74) is 5.12. The van der Waals surface area contributed by atoms with Crippen LogP contribution >= 0.6 is 0 Å². The van der Waals surface area contributed by atoms with Gasteiger partial charge in [0.15, 0.2) is 18.4 Å². The number of carbonyl (C=O) groups is 2. The molecule has 2 heterocycles. The van der Waals surface area contributed by atoms with Gasteiger partial charge in [0.25, 0.3) is 0 Å². The number of nitrogens with two attached hydrogens (primary N) is 1. The topological polar surface area (TPSA) is 156 Å². The van der Waals surface area contributed by atoms with Crippen molar-refractivity contribution in [2.24, 2.45) is 0 Å². The van der Waals surface area contributed by atoms with Crippen LogP contribution in [0.25, 0.3) is 0 Å². The summed E-state index contributed by atoms with van der Waals surface area (Å²) in [5, 5.41) is 9.87. The number of ether oxygens (including phenoxy) is 3. The Balaban J connectivity index is 1.69. The van der Waals surface area contributed by atoms with E-state index in [4.69, 9.17) is 19.9 Å². The van der Waals surface area contributed by atoms with E-state index in [0.29, 0.717) is 0 Å². The van der Waals surface area contributed by atoms with E-state index >= 15 is 0 Å². The van der Waals surface area contributed by atoms with Crippen molar-refractivity contribution in [3.05, 3.63) is 88.6 Å². The number of nitrogens with zero attached hydrogens (tertiary/aromatic N) is 3. The molecule has 1 saturated heterocycles. The highest BCUT2D eigenvalue weighted by Gasteiger charge is 2.51. The highest BCUT2D eigenvalue weighted by molar-refractivity contribution is 5.90. The van der Waals surface area contributed by atoms with Crippen molar-refractivity contribution in [3.8, 4) is 0 Å². The van der Waals surface area contributed by atoms with Gasteiger partial charge >= 0.3 is 17.6 Å². The fourth-order valence-electron chi connectivity index (χ4n) is 3.41. The summed E-state index contributed by atoms with van der Waals surface area (Å²) in [6.07, 6.45) is -3.83. The summed E-state index contributed by atoms with van der Waals surface area (Å²) in [6.45, 7) is -0.576. The number of nitrogen functional groups attached to an aromatic ring is 1. The van der Waals surface area contributed by atoms with E-state index in [1.165, 1.54) is 0 Å². The van der Waals surface area contributed by atoms with Crippen LogP contribution in [-0.4, -0.2) is 56.5 Å². The van der Waals surface area contributed by atoms with Gasteiger partial charge in [-0.2, -0.15) is 4.98 Å². The van der Waals surface area contributed by atoms with Gasteiger partial charge in [-0.15, -0.1) is 0 Å². The minimum atomic E-state index is -1.30. The second kappa shape index (κ2) is 9.59. The van der Waals surface area contributed by atoms with Gasteiger partial charge in [0.2, 0.25) is 5.95 Å². The van der Waals surface area contributed by atoms with Crippen molar-refractivity contribution in [3.63, 3.8) is 0 Å². The average molecular weight is 452 g/mol. The lowest BCUT2D eigenvalue weighted by molar-refractivity contribution is -0.0608. The molecule has 0 saturated carbocycles. The van der Waals surface area contributed by atoms with Crippen LogP contribution in [0.1, 0.15) is 26.9 Å². The largest absolute Gasteiger partial charge is 0.452 e. The van der Waals surface area contributed by atoms with E-state index in [9.17, 15) is 19.5 Å². The molecule has 4 atom stereocenters. The molecule has 0 unspecified atom stereocenters. The molecular weight excluding hydrogens is 432 g/mol. The second-order valence-electron chi connectivity index (χ2n) is 7.12. The van der Waals surface area contributed by atoms with Gasteiger partial charge in [0, 0.05) is 0 Å². The van der Waals surface area contributed by atoms with Gasteiger partial charge in [0.05, 0.1) is 17.7 Å². The Hall–Kier alpha value is -4.09. The maximum atomic E-state index is 12.8. The number of rotatable bonds is 6. The first kappa shape index (κ1) is 22.1. The summed E-state index contributed by atoms with van der Waals surface area (Å²) < 4.78 is 17.9. The molecule has 11 nitrogen and oxygen atoms in total. The van der Waals surface area contributed by atoms with Gasteiger partial charge in [-0.1, -0.05) is 36.4 Å². The van der Waals surface area contributed by atoms with E-state index in [-0.39, 0.29) is 17.1 Å². The summed E-state index contributed by atoms with van der Waals surface area (Å²) in [6, 6.07) is 16.3. The lowest BCUT2D eigenvalue weighted by atomic mass is 10.1. The molecule has 1 fully saturated rings. The third kappa shape index (κ3) is 4.73. The first-order valence-electron chi connectivity index (χ1n) is 9.97. The molecule has 3 aromatic rings. The smallest absolute Gasteiger partial charge is 0.354 e. The first-order valence-corrected chi connectivity index (χ1v) is 9.97. The van der Waals surface area contributed by atoms with Crippen LogP contribution in [-0.2, 0) is 14.2 Å². The van der Waals surface area contributed by atoms with Crippen LogP contribution in [0.5, 0.6) is 0 Å². The zero-order valence-corrected chi connectivity index (χ0v) is 17.2. The van der Waals surface area contributed by atoms with Gasteiger partial charge in [-0.25, -0.2) is 19.4 Å². The first-order chi connectivity index (χ1) is 16.0. The molecule has 0 spiro atoms. The van der Waals surface area contributed by atoms with Crippen LogP contribution in [0, 0.1) is 0 Å². The number of aliphatic hydroxyl groups excluding tert-OH is 1. The highest BCUT2D eigenvalue weighted by atomic mass is 16.6. The third-order valence-electron chi connectivity index (χ3n) is 4.99. The monoisotopic (exact) mass is 452 g/mol. The predicted molar refractivity (Wildman–Crippen MR) is 113 cm³/mol. The molecule has 0 aliphatic carbocycles. The molecule has 1 aliphatic heterocycles. The molecule has 11 heteroatoms. The fourth-order valence-corrected chi connectivity index (χ4v) is 3.41. The molecule has 2 aromatic carbocycles. The number of esters is 2. The maximum absolute atomic E-state index is 12.8.